The molecule has 0 radical (unpaired) electrons. The number of halogens is 1. The van der Waals surface area contributed by atoms with E-state index in [9.17, 15) is 13.2 Å². The van der Waals surface area contributed by atoms with Gasteiger partial charge in [-0.2, -0.15) is 4.31 Å². The largest absolute Gasteiger partial charge is 0.351 e. The Bertz CT molecular complexity index is 956. The van der Waals surface area contributed by atoms with E-state index in [1.54, 1.807) is 12.1 Å². The molecule has 0 aromatic heterocycles. The van der Waals surface area contributed by atoms with Gasteiger partial charge in [-0.05, 0) is 29.3 Å². The molecule has 1 amide bonds. The summed E-state index contributed by atoms with van der Waals surface area (Å²) >= 11 is 5.94. The van der Waals surface area contributed by atoms with E-state index >= 15 is 0 Å². The Morgan fingerprint density at radius 3 is 2.45 bits per heavy atom. The van der Waals surface area contributed by atoms with E-state index in [0.717, 1.165) is 11.1 Å². The minimum atomic E-state index is -3.47. The minimum Gasteiger partial charge on any atom is -0.351 e. The lowest BCUT2D eigenvalue weighted by atomic mass is 10.2. The molecule has 0 atom stereocenters. The van der Waals surface area contributed by atoms with Crippen molar-refractivity contribution < 1.29 is 13.2 Å². The van der Waals surface area contributed by atoms with E-state index in [0.29, 0.717) is 37.7 Å². The second-order valence-electron chi connectivity index (χ2n) is 6.84. The Balaban J connectivity index is 1.44. The lowest BCUT2D eigenvalue weighted by Crippen LogP contribution is -2.50. The molecule has 0 saturated carbocycles. The monoisotopic (exact) mass is 433 g/mol. The summed E-state index contributed by atoms with van der Waals surface area (Å²) in [5.41, 5.74) is 1.78. The van der Waals surface area contributed by atoms with Crippen molar-refractivity contribution in [2.24, 2.45) is 0 Å². The quantitative estimate of drug-likeness (QED) is 0.728. The lowest BCUT2D eigenvalue weighted by Gasteiger charge is -2.32. The highest BCUT2D eigenvalue weighted by Crippen LogP contribution is 2.12. The summed E-state index contributed by atoms with van der Waals surface area (Å²) in [6.45, 7) is 2.42. The maximum atomic E-state index is 12.5. The predicted molar refractivity (Wildman–Crippen MR) is 116 cm³/mol. The number of hydrogen-bond acceptors (Lipinski definition) is 4. The van der Waals surface area contributed by atoms with Crippen LogP contribution in [0.25, 0.3) is 6.08 Å². The van der Waals surface area contributed by atoms with Gasteiger partial charge < -0.3 is 5.32 Å². The number of piperazine rings is 1. The van der Waals surface area contributed by atoms with Crippen LogP contribution in [0, 0.1) is 0 Å². The molecule has 0 spiro atoms. The number of rotatable bonds is 7. The molecule has 1 saturated heterocycles. The minimum absolute atomic E-state index is 0.0924. The molecule has 1 aliphatic heterocycles. The zero-order valence-electron chi connectivity index (χ0n) is 16.0. The summed E-state index contributed by atoms with van der Waals surface area (Å²) in [5.74, 6) is -0.0924. The third-order valence-electron chi connectivity index (χ3n) is 4.67. The second-order valence-corrected chi connectivity index (χ2v) is 9.10. The first kappa shape index (κ1) is 21.5. The van der Waals surface area contributed by atoms with Crippen molar-refractivity contribution in [2.45, 2.75) is 6.54 Å². The number of carbonyl (C=O) groups excluding carboxylic acids is 1. The molecule has 2 aromatic rings. The number of hydrogen-bond donors (Lipinski definition) is 1. The van der Waals surface area contributed by atoms with E-state index in [1.165, 1.54) is 9.71 Å². The van der Waals surface area contributed by atoms with Gasteiger partial charge in [0.2, 0.25) is 15.9 Å². The van der Waals surface area contributed by atoms with Crippen molar-refractivity contribution >= 4 is 33.6 Å². The molecule has 6 nitrogen and oxygen atoms in total. The Morgan fingerprint density at radius 2 is 1.76 bits per heavy atom. The zero-order chi connectivity index (χ0) is 20.7. The van der Waals surface area contributed by atoms with E-state index in [1.807, 2.05) is 53.4 Å². The van der Waals surface area contributed by atoms with Crippen LogP contribution in [0.3, 0.4) is 0 Å². The van der Waals surface area contributed by atoms with Crippen molar-refractivity contribution in [1.82, 2.24) is 14.5 Å². The van der Waals surface area contributed by atoms with Crippen LogP contribution in [0.5, 0.6) is 0 Å². The summed E-state index contributed by atoms with van der Waals surface area (Å²) in [5, 5.41) is 4.75. The van der Waals surface area contributed by atoms with Crippen LogP contribution in [0.1, 0.15) is 11.1 Å². The maximum Gasteiger partial charge on any atom is 0.236 e. The van der Waals surface area contributed by atoms with Crippen molar-refractivity contribution in [2.75, 3.05) is 32.7 Å². The van der Waals surface area contributed by atoms with Crippen LogP contribution in [0.15, 0.2) is 60.0 Å². The fourth-order valence-electron chi connectivity index (χ4n) is 3.06. The van der Waals surface area contributed by atoms with Gasteiger partial charge in [0.1, 0.15) is 0 Å². The molecular weight excluding hydrogens is 410 g/mol. The number of amides is 1. The topological polar surface area (TPSA) is 69.7 Å². The Morgan fingerprint density at radius 1 is 1.03 bits per heavy atom. The van der Waals surface area contributed by atoms with Gasteiger partial charge in [-0.25, -0.2) is 8.42 Å². The molecule has 1 N–H and O–H groups in total. The summed E-state index contributed by atoms with van der Waals surface area (Å²) in [6, 6.07) is 16.7. The average Bonchev–Trinajstić information content (AvgIpc) is 2.72. The van der Waals surface area contributed by atoms with Gasteiger partial charge in [0, 0.05) is 43.2 Å². The molecule has 154 valence electrons. The SMILES string of the molecule is O=C(CN1CCN(S(=O)(=O)/C=C/c2ccccc2)CC1)NCc1cccc(Cl)c1. The maximum absolute atomic E-state index is 12.5. The molecule has 1 fully saturated rings. The van der Waals surface area contributed by atoms with E-state index < -0.39 is 10.0 Å². The van der Waals surface area contributed by atoms with Crippen molar-refractivity contribution in [1.29, 1.82) is 0 Å². The number of nitrogens with zero attached hydrogens (tertiary/aromatic N) is 2. The normalized spacial score (nSPS) is 16.2. The van der Waals surface area contributed by atoms with Crippen LogP contribution in [0.4, 0.5) is 0 Å². The first-order valence-corrected chi connectivity index (χ1v) is 11.3. The van der Waals surface area contributed by atoms with Crippen LogP contribution in [0.2, 0.25) is 5.02 Å². The summed E-state index contributed by atoms with van der Waals surface area (Å²) < 4.78 is 26.5. The third kappa shape index (κ3) is 6.68. The highest BCUT2D eigenvalue weighted by atomic mass is 35.5. The van der Waals surface area contributed by atoms with Gasteiger partial charge in [-0.3, -0.25) is 9.69 Å². The Kier molecular flexibility index (Phi) is 7.44. The van der Waals surface area contributed by atoms with Gasteiger partial charge in [0.25, 0.3) is 0 Å². The third-order valence-corrected chi connectivity index (χ3v) is 6.47. The number of carbonyl (C=O) groups is 1. The van der Waals surface area contributed by atoms with Crippen LogP contribution in [-0.4, -0.2) is 56.3 Å². The second kappa shape index (κ2) is 10.0. The number of nitrogens with one attached hydrogen (secondary N) is 1. The highest BCUT2D eigenvalue weighted by Gasteiger charge is 2.25. The first-order valence-electron chi connectivity index (χ1n) is 9.39. The van der Waals surface area contributed by atoms with Crippen molar-refractivity contribution in [3.05, 3.63) is 76.2 Å². The fraction of sp³-hybridized carbons (Fsp3) is 0.286. The summed E-state index contributed by atoms with van der Waals surface area (Å²) in [4.78, 5) is 14.1. The predicted octanol–water partition coefficient (Wildman–Crippen LogP) is 2.57. The molecule has 1 aliphatic rings. The number of benzene rings is 2. The average molecular weight is 434 g/mol. The van der Waals surface area contributed by atoms with Gasteiger partial charge in [-0.15, -0.1) is 0 Å². The molecular formula is C21H24ClN3O3S. The smallest absolute Gasteiger partial charge is 0.236 e. The highest BCUT2D eigenvalue weighted by molar-refractivity contribution is 7.92. The molecule has 1 heterocycles. The van der Waals surface area contributed by atoms with Crippen LogP contribution in [-0.2, 0) is 21.4 Å². The van der Waals surface area contributed by atoms with Crippen molar-refractivity contribution in [3.63, 3.8) is 0 Å². The first-order chi connectivity index (χ1) is 13.9. The van der Waals surface area contributed by atoms with E-state index in [2.05, 4.69) is 5.32 Å². The van der Waals surface area contributed by atoms with Crippen molar-refractivity contribution in [3.8, 4) is 0 Å². The fourth-order valence-corrected chi connectivity index (χ4v) is 4.45. The molecule has 8 heteroatoms. The van der Waals surface area contributed by atoms with Gasteiger partial charge in [0.05, 0.1) is 6.54 Å². The van der Waals surface area contributed by atoms with Crippen LogP contribution >= 0.6 is 11.6 Å². The molecule has 29 heavy (non-hydrogen) atoms. The lowest BCUT2D eigenvalue weighted by molar-refractivity contribution is -0.122. The Labute approximate surface area is 176 Å². The Hall–Kier alpha value is -2.19. The van der Waals surface area contributed by atoms with Gasteiger partial charge >= 0.3 is 0 Å². The summed E-state index contributed by atoms with van der Waals surface area (Å²) in [7, 11) is -3.47. The molecule has 3 rings (SSSR count). The molecule has 2 aromatic carbocycles. The van der Waals surface area contributed by atoms with E-state index in [4.69, 9.17) is 11.6 Å². The molecule has 0 aliphatic carbocycles. The van der Waals surface area contributed by atoms with E-state index in [-0.39, 0.29) is 12.5 Å². The summed E-state index contributed by atoms with van der Waals surface area (Å²) in [6.07, 6.45) is 1.60. The standard InChI is InChI=1S/C21H24ClN3O3S/c22-20-8-4-7-19(15-20)16-23-21(26)17-24-10-12-25(13-11-24)29(27,28)14-9-18-5-2-1-3-6-18/h1-9,14-15H,10-13,16-17H2,(H,23,26)/b14-9+. The zero-order valence-corrected chi connectivity index (χ0v) is 17.6. The molecule has 0 bridgehead atoms. The van der Waals surface area contributed by atoms with Crippen LogP contribution < -0.4 is 5.32 Å². The van der Waals surface area contributed by atoms with Gasteiger partial charge in [-0.1, -0.05) is 54.1 Å². The number of sulfonamides is 1. The van der Waals surface area contributed by atoms with Gasteiger partial charge in [0.15, 0.2) is 0 Å². The molecule has 0 unspecified atom stereocenters.